The van der Waals surface area contributed by atoms with Crippen molar-refractivity contribution in [1.82, 2.24) is 0 Å². The number of hydrogen-bond donors (Lipinski definition) is 0. The van der Waals surface area contributed by atoms with Gasteiger partial charge in [0.15, 0.2) is 23.3 Å². The van der Waals surface area contributed by atoms with Crippen LogP contribution in [0.4, 0.5) is 17.6 Å². The van der Waals surface area contributed by atoms with E-state index in [2.05, 4.69) is 0 Å². The zero-order chi connectivity index (χ0) is 10.0. The molecule has 5 heteroatoms. The molecule has 0 nitrogen and oxygen atoms in total. The van der Waals surface area contributed by atoms with E-state index in [1.54, 1.807) is 0 Å². The Morgan fingerprint density at radius 2 is 1.54 bits per heavy atom. The molecular formula is C8H4ClF4. The summed E-state index contributed by atoms with van der Waals surface area (Å²) in [5.41, 5.74) is -0.771. The van der Waals surface area contributed by atoms with E-state index in [1.807, 2.05) is 0 Å². The third-order valence-corrected chi connectivity index (χ3v) is 1.58. The van der Waals surface area contributed by atoms with Gasteiger partial charge in [-0.1, -0.05) is 0 Å². The van der Waals surface area contributed by atoms with Gasteiger partial charge in [0, 0.05) is 23.9 Å². The van der Waals surface area contributed by atoms with Crippen LogP contribution in [0.2, 0.25) is 0 Å². The van der Waals surface area contributed by atoms with Crippen molar-refractivity contribution in [1.29, 1.82) is 0 Å². The zero-order valence-corrected chi connectivity index (χ0v) is 7.01. The smallest absolute Gasteiger partial charge is 0.165 e. The van der Waals surface area contributed by atoms with Crippen molar-refractivity contribution in [2.75, 3.05) is 5.88 Å². The van der Waals surface area contributed by atoms with Crippen LogP contribution in [-0.2, 0) is 0 Å². The molecule has 0 aromatic heterocycles. The third-order valence-electron chi connectivity index (χ3n) is 1.43. The van der Waals surface area contributed by atoms with Gasteiger partial charge < -0.3 is 0 Å². The van der Waals surface area contributed by atoms with Gasteiger partial charge in [0.1, 0.15) is 0 Å². The molecular weight excluding hydrogens is 208 g/mol. The number of rotatable bonds is 2. The fourth-order valence-electron chi connectivity index (χ4n) is 0.848. The van der Waals surface area contributed by atoms with Gasteiger partial charge in [-0.2, -0.15) is 0 Å². The molecule has 1 aromatic rings. The van der Waals surface area contributed by atoms with Gasteiger partial charge in [0.25, 0.3) is 0 Å². The first kappa shape index (κ1) is 10.3. The molecule has 0 unspecified atom stereocenters. The van der Waals surface area contributed by atoms with Crippen molar-refractivity contribution in [3.8, 4) is 0 Å². The maximum absolute atomic E-state index is 12.8. The Morgan fingerprint density at radius 1 is 1.08 bits per heavy atom. The van der Waals surface area contributed by atoms with Crippen LogP contribution in [0.15, 0.2) is 6.07 Å². The van der Waals surface area contributed by atoms with Crippen molar-refractivity contribution >= 4 is 11.6 Å². The van der Waals surface area contributed by atoms with Crippen LogP contribution in [0.5, 0.6) is 0 Å². The van der Waals surface area contributed by atoms with Crippen LogP contribution in [0.3, 0.4) is 0 Å². The minimum atomic E-state index is -1.43. The summed E-state index contributed by atoms with van der Waals surface area (Å²) in [5, 5.41) is 0. The molecule has 0 saturated heterocycles. The topological polar surface area (TPSA) is 0 Å². The van der Waals surface area contributed by atoms with Gasteiger partial charge in [0.2, 0.25) is 0 Å². The highest BCUT2D eigenvalue weighted by molar-refractivity contribution is 6.18. The normalized spacial score (nSPS) is 10.5. The average Bonchev–Trinajstić information content (AvgIpc) is 2.09. The summed E-state index contributed by atoms with van der Waals surface area (Å²) in [6.45, 7) is 0. The van der Waals surface area contributed by atoms with Crippen molar-refractivity contribution in [3.63, 3.8) is 0 Å². The van der Waals surface area contributed by atoms with Gasteiger partial charge in [-0.15, -0.1) is 11.6 Å². The lowest BCUT2D eigenvalue weighted by molar-refractivity contribution is 0.447. The zero-order valence-electron chi connectivity index (χ0n) is 6.25. The summed E-state index contributed by atoms with van der Waals surface area (Å²) in [5.74, 6) is -5.96. The Balaban J connectivity index is 3.28. The fourth-order valence-corrected chi connectivity index (χ4v) is 1.00. The molecule has 0 saturated carbocycles. The van der Waals surface area contributed by atoms with Crippen molar-refractivity contribution < 1.29 is 17.6 Å². The van der Waals surface area contributed by atoms with Crippen LogP contribution in [0.1, 0.15) is 5.56 Å². The van der Waals surface area contributed by atoms with Crippen LogP contribution in [0, 0.1) is 29.7 Å². The van der Waals surface area contributed by atoms with Gasteiger partial charge in [0.05, 0.1) is 0 Å². The Hall–Kier alpha value is -0.770. The molecule has 1 aromatic carbocycles. The molecule has 0 aliphatic carbocycles. The maximum Gasteiger partial charge on any atom is 0.165 e. The van der Waals surface area contributed by atoms with Crippen molar-refractivity contribution in [3.05, 3.63) is 41.3 Å². The lowest BCUT2D eigenvalue weighted by Gasteiger charge is -2.03. The largest absolute Gasteiger partial charge is 0.204 e. The summed E-state index contributed by atoms with van der Waals surface area (Å²) in [4.78, 5) is 0. The first-order chi connectivity index (χ1) is 6.07. The highest BCUT2D eigenvalue weighted by Gasteiger charge is 2.18. The van der Waals surface area contributed by atoms with Crippen LogP contribution >= 0.6 is 11.6 Å². The third kappa shape index (κ3) is 1.94. The highest BCUT2D eigenvalue weighted by atomic mass is 35.5. The molecule has 0 bridgehead atoms. The predicted molar refractivity (Wildman–Crippen MR) is 40.4 cm³/mol. The van der Waals surface area contributed by atoms with Gasteiger partial charge in [-0.05, 0) is 0 Å². The fraction of sp³-hybridized carbons (Fsp3) is 0.125. The Labute approximate surface area is 77.1 Å². The first-order valence-electron chi connectivity index (χ1n) is 3.30. The number of hydrogen-bond acceptors (Lipinski definition) is 0. The SMILES string of the molecule is Fc1cc(F)c(F)c([CH]CCl)c1F. The summed E-state index contributed by atoms with van der Waals surface area (Å²) < 4.78 is 50.5. The van der Waals surface area contributed by atoms with Crippen molar-refractivity contribution in [2.24, 2.45) is 0 Å². The molecule has 0 amide bonds. The summed E-state index contributed by atoms with van der Waals surface area (Å²) in [6.07, 6.45) is 0.860. The predicted octanol–water partition coefficient (Wildman–Crippen LogP) is 3.03. The van der Waals surface area contributed by atoms with Gasteiger partial charge in [-0.25, -0.2) is 17.6 Å². The van der Waals surface area contributed by atoms with E-state index in [0.717, 1.165) is 6.42 Å². The van der Waals surface area contributed by atoms with Gasteiger partial charge in [-0.3, -0.25) is 0 Å². The minimum Gasteiger partial charge on any atom is -0.204 e. The Kier molecular flexibility index (Phi) is 3.14. The molecule has 0 heterocycles. The monoisotopic (exact) mass is 211 g/mol. The average molecular weight is 212 g/mol. The van der Waals surface area contributed by atoms with E-state index in [-0.39, 0.29) is 11.9 Å². The summed E-state index contributed by atoms with van der Waals surface area (Å²) in [7, 11) is 0. The van der Waals surface area contributed by atoms with E-state index in [9.17, 15) is 17.6 Å². The van der Waals surface area contributed by atoms with Gasteiger partial charge >= 0.3 is 0 Å². The second-order valence-corrected chi connectivity index (χ2v) is 2.55. The second kappa shape index (κ2) is 3.96. The van der Waals surface area contributed by atoms with E-state index >= 15 is 0 Å². The lowest BCUT2D eigenvalue weighted by atomic mass is 10.1. The molecule has 0 aliphatic rings. The molecule has 0 atom stereocenters. The Morgan fingerprint density at radius 3 is 1.92 bits per heavy atom. The minimum absolute atomic E-state index is 0.149. The number of halogens is 5. The molecule has 71 valence electrons. The van der Waals surface area contributed by atoms with E-state index < -0.39 is 28.8 Å². The molecule has 0 fully saturated rings. The molecule has 0 aliphatic heterocycles. The Bertz CT molecular complexity index is 298. The number of benzene rings is 1. The lowest BCUT2D eigenvalue weighted by Crippen LogP contribution is -2.01. The molecule has 0 spiro atoms. The second-order valence-electron chi connectivity index (χ2n) is 2.24. The van der Waals surface area contributed by atoms with E-state index in [0.29, 0.717) is 0 Å². The molecule has 1 rings (SSSR count). The van der Waals surface area contributed by atoms with E-state index in [4.69, 9.17) is 11.6 Å². The highest BCUT2D eigenvalue weighted by Crippen LogP contribution is 2.20. The summed E-state index contributed by atoms with van der Waals surface area (Å²) in [6, 6.07) is 0.149. The molecule has 0 N–H and O–H groups in total. The van der Waals surface area contributed by atoms with E-state index in [1.165, 1.54) is 0 Å². The van der Waals surface area contributed by atoms with Crippen LogP contribution in [0.25, 0.3) is 0 Å². The molecule has 1 radical (unpaired) electrons. The number of alkyl halides is 1. The van der Waals surface area contributed by atoms with Crippen molar-refractivity contribution in [2.45, 2.75) is 0 Å². The molecule has 13 heavy (non-hydrogen) atoms. The standard InChI is InChI=1S/C8H4ClF4/c9-2-1-4-7(12)5(10)3-6(11)8(4)13/h1,3H,2H2. The van der Waals surface area contributed by atoms with Crippen LogP contribution < -0.4 is 0 Å². The quantitative estimate of drug-likeness (QED) is 0.401. The van der Waals surface area contributed by atoms with Crippen LogP contribution in [-0.4, -0.2) is 5.88 Å². The summed E-state index contributed by atoms with van der Waals surface area (Å²) >= 11 is 5.15. The first-order valence-corrected chi connectivity index (χ1v) is 3.83. The maximum atomic E-state index is 12.8.